The average Bonchev–Trinajstić information content (AvgIpc) is 2.99. The van der Waals surface area contributed by atoms with Crippen molar-refractivity contribution in [3.05, 3.63) is 21.9 Å². The van der Waals surface area contributed by atoms with Crippen LogP contribution in [-0.4, -0.2) is 49.7 Å². The van der Waals surface area contributed by atoms with Gasteiger partial charge in [-0.25, -0.2) is 0 Å². The second kappa shape index (κ2) is 9.12. The molecule has 1 aliphatic rings. The molecule has 1 aliphatic heterocycles. The van der Waals surface area contributed by atoms with E-state index in [1.54, 1.807) is 4.88 Å². The quantitative estimate of drug-likeness (QED) is 0.435. The normalized spacial score (nSPS) is 17.3. The molecule has 1 aromatic heterocycles. The molecule has 0 radical (unpaired) electrons. The Morgan fingerprint density at radius 1 is 1.59 bits per heavy atom. The van der Waals surface area contributed by atoms with E-state index in [2.05, 4.69) is 33.6 Å². The van der Waals surface area contributed by atoms with Crippen LogP contribution in [0.5, 0.6) is 0 Å². The highest BCUT2D eigenvalue weighted by atomic mass is 32.1. The molecule has 0 spiro atoms. The number of nitrogens with one attached hydrogen (secondary N) is 1. The van der Waals surface area contributed by atoms with Crippen LogP contribution in [0.2, 0.25) is 0 Å². The fraction of sp³-hybridized carbons (Fsp3) is 0.688. The van der Waals surface area contributed by atoms with E-state index in [-0.39, 0.29) is 0 Å². The highest BCUT2D eigenvalue weighted by molar-refractivity contribution is 7.10. The van der Waals surface area contributed by atoms with Crippen molar-refractivity contribution in [1.82, 2.24) is 10.2 Å². The Labute approximate surface area is 137 Å². The molecule has 1 unspecified atom stereocenters. The topological polar surface area (TPSA) is 62.9 Å². The van der Waals surface area contributed by atoms with Crippen molar-refractivity contribution in [1.29, 1.82) is 0 Å². The van der Waals surface area contributed by atoms with Crippen LogP contribution in [0, 0.1) is 0 Å². The second-order valence-corrected chi connectivity index (χ2v) is 6.64. The fourth-order valence-electron chi connectivity index (χ4n) is 2.58. The number of thiophene rings is 1. The van der Waals surface area contributed by atoms with Gasteiger partial charge in [-0.15, -0.1) is 11.3 Å². The summed E-state index contributed by atoms with van der Waals surface area (Å²) in [6, 6.07) is 2.66. The lowest BCUT2D eigenvalue weighted by atomic mass is 10.1. The van der Waals surface area contributed by atoms with Crippen molar-refractivity contribution >= 4 is 17.3 Å². The van der Waals surface area contributed by atoms with Crippen LogP contribution in [0.3, 0.4) is 0 Å². The zero-order chi connectivity index (χ0) is 15.8. The molecule has 5 nitrogen and oxygen atoms in total. The lowest BCUT2D eigenvalue weighted by molar-refractivity contribution is 0.145. The zero-order valence-corrected chi connectivity index (χ0v) is 14.5. The van der Waals surface area contributed by atoms with E-state index >= 15 is 0 Å². The first-order valence-corrected chi connectivity index (χ1v) is 8.99. The molecule has 0 aliphatic carbocycles. The Morgan fingerprint density at radius 2 is 2.45 bits per heavy atom. The van der Waals surface area contributed by atoms with E-state index in [4.69, 9.17) is 10.5 Å². The van der Waals surface area contributed by atoms with Gasteiger partial charge in [-0.2, -0.15) is 0 Å². The molecule has 3 N–H and O–H groups in total. The monoisotopic (exact) mass is 324 g/mol. The molecule has 1 aromatic rings. The van der Waals surface area contributed by atoms with Crippen molar-refractivity contribution in [2.24, 2.45) is 10.7 Å². The van der Waals surface area contributed by atoms with Gasteiger partial charge < -0.3 is 15.8 Å². The third kappa shape index (κ3) is 5.26. The van der Waals surface area contributed by atoms with E-state index < -0.39 is 0 Å². The Kier molecular flexibility index (Phi) is 7.15. The summed E-state index contributed by atoms with van der Waals surface area (Å²) < 4.78 is 5.29. The van der Waals surface area contributed by atoms with Crippen molar-refractivity contribution in [2.75, 3.05) is 32.8 Å². The first kappa shape index (κ1) is 17.2. The van der Waals surface area contributed by atoms with E-state index in [9.17, 15) is 0 Å². The number of nitrogens with zero attached hydrogens (tertiary/aromatic N) is 2. The van der Waals surface area contributed by atoms with Gasteiger partial charge in [-0.05, 0) is 43.7 Å². The third-order valence-electron chi connectivity index (χ3n) is 3.96. The lowest BCUT2D eigenvalue weighted by Crippen LogP contribution is -2.40. The molecule has 0 saturated carbocycles. The largest absolute Gasteiger partial charge is 0.382 e. The number of ether oxygens (including phenoxy) is 1. The van der Waals surface area contributed by atoms with Crippen LogP contribution in [0.25, 0.3) is 0 Å². The molecule has 124 valence electrons. The van der Waals surface area contributed by atoms with Gasteiger partial charge in [-0.1, -0.05) is 0 Å². The van der Waals surface area contributed by atoms with Crippen molar-refractivity contribution < 1.29 is 4.74 Å². The number of nitrogens with two attached hydrogens (primary N) is 1. The molecule has 0 saturated heterocycles. The number of rotatable bonds is 8. The molecule has 2 rings (SSSR count). The first-order valence-electron chi connectivity index (χ1n) is 8.11. The minimum Gasteiger partial charge on any atom is -0.382 e. The van der Waals surface area contributed by atoms with Gasteiger partial charge in [0.2, 0.25) is 0 Å². The summed E-state index contributed by atoms with van der Waals surface area (Å²) in [6.07, 6.45) is 2.11. The third-order valence-corrected chi connectivity index (χ3v) is 4.99. The molecular weight excluding hydrogens is 296 g/mol. The minimum absolute atomic E-state index is 0.414. The van der Waals surface area contributed by atoms with Gasteiger partial charge in [-0.3, -0.25) is 9.89 Å². The molecule has 0 aromatic carbocycles. The summed E-state index contributed by atoms with van der Waals surface area (Å²) in [4.78, 5) is 8.50. The fourth-order valence-corrected chi connectivity index (χ4v) is 3.47. The van der Waals surface area contributed by atoms with Crippen LogP contribution in [0.15, 0.2) is 16.4 Å². The zero-order valence-electron chi connectivity index (χ0n) is 13.7. The summed E-state index contributed by atoms with van der Waals surface area (Å²) in [5, 5.41) is 5.34. The standard InChI is InChI=1S/C16H28N4OS/c1-3-21-9-4-7-18-16(17)19-11-13(2)20-8-5-15-14(12-20)6-10-22-15/h6,10,13H,3-5,7-9,11-12H2,1-2H3,(H3,17,18,19). The van der Waals surface area contributed by atoms with Crippen molar-refractivity contribution in [2.45, 2.75) is 39.3 Å². The summed E-state index contributed by atoms with van der Waals surface area (Å²) in [6.45, 7) is 9.47. The predicted molar refractivity (Wildman–Crippen MR) is 93.5 cm³/mol. The van der Waals surface area contributed by atoms with Crippen molar-refractivity contribution in [3.63, 3.8) is 0 Å². The molecule has 0 bridgehead atoms. The summed E-state index contributed by atoms with van der Waals surface area (Å²) in [5.41, 5.74) is 7.39. The van der Waals surface area contributed by atoms with Gasteiger partial charge >= 0.3 is 0 Å². The summed E-state index contributed by atoms with van der Waals surface area (Å²) in [5.74, 6) is 0.539. The average molecular weight is 324 g/mol. The maximum Gasteiger partial charge on any atom is 0.188 e. The van der Waals surface area contributed by atoms with E-state index in [0.29, 0.717) is 12.0 Å². The lowest BCUT2D eigenvalue weighted by Gasteiger charge is -2.31. The van der Waals surface area contributed by atoms with Crippen molar-refractivity contribution in [3.8, 4) is 0 Å². The Bertz CT molecular complexity index is 474. The van der Waals surface area contributed by atoms with Crippen LogP contribution < -0.4 is 11.1 Å². The predicted octanol–water partition coefficient (Wildman–Crippen LogP) is 1.83. The van der Waals surface area contributed by atoms with E-state index in [1.807, 2.05) is 18.3 Å². The van der Waals surface area contributed by atoms with Crippen LogP contribution >= 0.6 is 11.3 Å². The van der Waals surface area contributed by atoms with Crippen LogP contribution in [-0.2, 0) is 17.7 Å². The molecule has 1 atom stereocenters. The highest BCUT2D eigenvalue weighted by Gasteiger charge is 2.21. The molecular formula is C16H28N4OS. The summed E-state index contributed by atoms with van der Waals surface area (Å²) in [7, 11) is 0. The Morgan fingerprint density at radius 3 is 3.27 bits per heavy atom. The van der Waals surface area contributed by atoms with Gasteiger partial charge in [0, 0.05) is 43.8 Å². The Hall–Kier alpha value is -1.11. The van der Waals surface area contributed by atoms with Gasteiger partial charge in [0.1, 0.15) is 0 Å². The molecule has 2 heterocycles. The maximum atomic E-state index is 5.91. The summed E-state index contributed by atoms with van der Waals surface area (Å²) >= 11 is 1.88. The van der Waals surface area contributed by atoms with Crippen LogP contribution in [0.1, 0.15) is 30.7 Å². The second-order valence-electron chi connectivity index (χ2n) is 5.64. The molecule has 0 amide bonds. The number of hydrogen-bond donors (Lipinski definition) is 2. The maximum absolute atomic E-state index is 5.91. The van der Waals surface area contributed by atoms with E-state index in [0.717, 1.165) is 52.2 Å². The molecule has 0 fully saturated rings. The number of guanidine groups is 1. The number of hydrogen-bond acceptors (Lipinski definition) is 4. The van der Waals surface area contributed by atoms with Gasteiger partial charge in [0.25, 0.3) is 0 Å². The Balaban J connectivity index is 1.68. The number of fused-ring (bicyclic) bond motifs is 1. The smallest absolute Gasteiger partial charge is 0.188 e. The van der Waals surface area contributed by atoms with Gasteiger partial charge in [0.05, 0.1) is 6.54 Å². The van der Waals surface area contributed by atoms with E-state index in [1.165, 1.54) is 5.56 Å². The first-order chi connectivity index (χ1) is 10.7. The molecule has 22 heavy (non-hydrogen) atoms. The van der Waals surface area contributed by atoms with Crippen LogP contribution in [0.4, 0.5) is 0 Å². The minimum atomic E-state index is 0.414. The number of aliphatic imine (C=N–C) groups is 1. The highest BCUT2D eigenvalue weighted by Crippen LogP contribution is 2.25. The molecule has 6 heteroatoms. The SMILES string of the molecule is CCOCCCNC(N)=NCC(C)N1CCc2sccc2C1. The van der Waals surface area contributed by atoms with Gasteiger partial charge in [0.15, 0.2) is 5.96 Å².